The monoisotopic (exact) mass is 340 g/mol. The van der Waals surface area contributed by atoms with Gasteiger partial charge < -0.3 is 4.74 Å². The first kappa shape index (κ1) is 18.4. The summed E-state index contributed by atoms with van der Waals surface area (Å²) in [6, 6.07) is 3.34. The number of hydrogen-bond donors (Lipinski definition) is 0. The molecule has 0 aliphatic heterocycles. The first-order valence-electron chi connectivity index (χ1n) is 5.60. The number of hydrogen-bond acceptors (Lipinski definition) is 1. The highest BCUT2D eigenvalue weighted by Crippen LogP contribution is 2.53. The minimum absolute atomic E-state index is 0.142. The standard InChI is InChI=1S/C12H9F9O/c1-6-3-4-7(2)8(5-6)22-12(20,21)10(15,16)9(13,14)11(17,18)19/h3-5H,1-2H3. The Bertz CT molecular complexity index is 548. The molecule has 0 bridgehead atoms. The Hall–Kier alpha value is -1.61. The van der Waals surface area contributed by atoms with E-state index in [2.05, 4.69) is 4.74 Å². The van der Waals surface area contributed by atoms with E-state index in [-0.39, 0.29) is 11.1 Å². The Morgan fingerprint density at radius 3 is 1.73 bits per heavy atom. The van der Waals surface area contributed by atoms with E-state index >= 15 is 0 Å². The van der Waals surface area contributed by atoms with Gasteiger partial charge in [0, 0.05) is 0 Å². The quantitative estimate of drug-likeness (QED) is 0.692. The van der Waals surface area contributed by atoms with Crippen molar-refractivity contribution in [2.24, 2.45) is 0 Å². The highest BCUT2D eigenvalue weighted by molar-refractivity contribution is 5.36. The van der Waals surface area contributed by atoms with Gasteiger partial charge in [0.2, 0.25) is 0 Å². The Morgan fingerprint density at radius 1 is 0.773 bits per heavy atom. The summed E-state index contributed by atoms with van der Waals surface area (Å²) in [5.41, 5.74) is 0.110. The Kier molecular flexibility index (Phi) is 4.39. The van der Waals surface area contributed by atoms with Crippen LogP contribution in [0.2, 0.25) is 0 Å². The molecular weight excluding hydrogens is 331 g/mol. The Morgan fingerprint density at radius 2 is 1.27 bits per heavy atom. The van der Waals surface area contributed by atoms with Crippen LogP contribution in [0.3, 0.4) is 0 Å². The zero-order valence-corrected chi connectivity index (χ0v) is 11.0. The van der Waals surface area contributed by atoms with Crippen molar-refractivity contribution in [3.63, 3.8) is 0 Å². The highest BCUT2D eigenvalue weighted by atomic mass is 19.4. The minimum atomic E-state index is -6.97. The predicted octanol–water partition coefficient (Wildman–Crippen LogP) is 5.11. The van der Waals surface area contributed by atoms with Crippen LogP contribution < -0.4 is 4.74 Å². The molecule has 0 unspecified atom stereocenters. The van der Waals surface area contributed by atoms with E-state index in [9.17, 15) is 39.5 Å². The van der Waals surface area contributed by atoms with Crippen molar-refractivity contribution in [2.45, 2.75) is 38.0 Å². The minimum Gasteiger partial charge on any atom is -0.428 e. The van der Waals surface area contributed by atoms with Crippen LogP contribution in [0.5, 0.6) is 5.75 Å². The van der Waals surface area contributed by atoms with Crippen molar-refractivity contribution in [3.8, 4) is 5.75 Å². The molecule has 0 radical (unpaired) electrons. The van der Waals surface area contributed by atoms with Gasteiger partial charge in [0.15, 0.2) is 0 Å². The van der Waals surface area contributed by atoms with Gasteiger partial charge in [-0.1, -0.05) is 12.1 Å². The molecule has 126 valence electrons. The molecule has 0 aromatic heterocycles. The third-order valence-corrected chi connectivity index (χ3v) is 2.70. The lowest BCUT2D eigenvalue weighted by molar-refractivity contribution is -0.428. The van der Waals surface area contributed by atoms with Crippen LogP contribution in [-0.4, -0.2) is 24.1 Å². The molecule has 0 saturated carbocycles. The van der Waals surface area contributed by atoms with Crippen molar-refractivity contribution in [2.75, 3.05) is 0 Å². The van der Waals surface area contributed by atoms with Crippen LogP contribution >= 0.6 is 0 Å². The van der Waals surface area contributed by atoms with Gasteiger partial charge in [-0.05, 0) is 31.0 Å². The van der Waals surface area contributed by atoms with Crippen molar-refractivity contribution < 1.29 is 44.3 Å². The van der Waals surface area contributed by atoms with Gasteiger partial charge in [-0.2, -0.15) is 39.5 Å². The lowest BCUT2D eigenvalue weighted by Gasteiger charge is -2.33. The van der Waals surface area contributed by atoms with Gasteiger partial charge >= 0.3 is 24.1 Å². The summed E-state index contributed by atoms with van der Waals surface area (Å²) in [7, 11) is 0. The van der Waals surface area contributed by atoms with Crippen LogP contribution in [0.1, 0.15) is 11.1 Å². The molecule has 0 spiro atoms. The van der Waals surface area contributed by atoms with E-state index in [1.54, 1.807) is 0 Å². The van der Waals surface area contributed by atoms with E-state index in [4.69, 9.17) is 0 Å². The van der Waals surface area contributed by atoms with Gasteiger partial charge in [0.05, 0.1) is 0 Å². The topological polar surface area (TPSA) is 9.23 Å². The van der Waals surface area contributed by atoms with E-state index < -0.39 is 29.9 Å². The number of aryl methyl sites for hydroxylation is 2. The van der Waals surface area contributed by atoms with Gasteiger partial charge in [0.1, 0.15) is 5.75 Å². The van der Waals surface area contributed by atoms with Crippen LogP contribution in [-0.2, 0) is 0 Å². The molecule has 0 N–H and O–H groups in total. The fourth-order valence-electron chi connectivity index (χ4n) is 1.38. The first-order valence-corrected chi connectivity index (χ1v) is 5.60. The molecule has 22 heavy (non-hydrogen) atoms. The molecule has 0 amide bonds. The summed E-state index contributed by atoms with van der Waals surface area (Å²) in [4.78, 5) is 0. The number of alkyl halides is 9. The SMILES string of the molecule is Cc1ccc(C)c(OC(F)(F)C(F)(F)C(F)(F)C(F)(F)F)c1. The lowest BCUT2D eigenvalue weighted by atomic mass is 10.1. The van der Waals surface area contributed by atoms with Crippen LogP contribution in [0.25, 0.3) is 0 Å². The molecule has 0 saturated heterocycles. The van der Waals surface area contributed by atoms with Crippen LogP contribution in [0.15, 0.2) is 18.2 Å². The fraction of sp³-hybridized carbons (Fsp3) is 0.500. The zero-order valence-electron chi connectivity index (χ0n) is 11.0. The highest BCUT2D eigenvalue weighted by Gasteiger charge is 2.83. The summed E-state index contributed by atoms with van der Waals surface area (Å²) in [6.45, 7) is 2.48. The second kappa shape index (κ2) is 5.24. The zero-order chi connectivity index (χ0) is 17.6. The Labute approximate surface area is 118 Å². The molecule has 10 heteroatoms. The maximum absolute atomic E-state index is 13.3. The third-order valence-electron chi connectivity index (χ3n) is 2.70. The maximum Gasteiger partial charge on any atom is 0.471 e. The lowest BCUT2D eigenvalue weighted by Crippen LogP contribution is -2.62. The summed E-state index contributed by atoms with van der Waals surface area (Å²) < 4.78 is 117. The molecule has 1 aromatic rings. The number of rotatable bonds is 4. The molecule has 0 atom stereocenters. The molecule has 0 heterocycles. The summed E-state index contributed by atoms with van der Waals surface area (Å²) in [5, 5.41) is 0. The van der Waals surface area contributed by atoms with Crippen molar-refractivity contribution in [1.82, 2.24) is 0 Å². The molecule has 1 aromatic carbocycles. The smallest absolute Gasteiger partial charge is 0.428 e. The van der Waals surface area contributed by atoms with Gasteiger partial charge in [-0.3, -0.25) is 0 Å². The summed E-state index contributed by atoms with van der Waals surface area (Å²) >= 11 is 0. The maximum atomic E-state index is 13.3. The van der Waals surface area contributed by atoms with Crippen LogP contribution in [0.4, 0.5) is 39.5 Å². The summed E-state index contributed by atoms with van der Waals surface area (Å²) in [5.74, 6) is -14.7. The number of ether oxygens (including phenoxy) is 1. The van der Waals surface area contributed by atoms with Crippen molar-refractivity contribution in [1.29, 1.82) is 0 Å². The van der Waals surface area contributed by atoms with Crippen molar-refractivity contribution >= 4 is 0 Å². The number of halogens is 9. The average molecular weight is 340 g/mol. The molecular formula is C12H9F9O. The molecule has 0 aliphatic rings. The van der Waals surface area contributed by atoms with Gasteiger partial charge in [-0.25, -0.2) is 0 Å². The second-order valence-corrected chi connectivity index (χ2v) is 4.53. The second-order valence-electron chi connectivity index (χ2n) is 4.53. The van der Waals surface area contributed by atoms with E-state index in [0.717, 1.165) is 19.1 Å². The first-order chi connectivity index (χ1) is 9.63. The molecule has 0 fully saturated rings. The van der Waals surface area contributed by atoms with Gasteiger partial charge in [0.25, 0.3) is 0 Å². The van der Waals surface area contributed by atoms with E-state index in [1.165, 1.54) is 13.0 Å². The largest absolute Gasteiger partial charge is 0.471 e. The molecule has 1 nitrogen and oxygen atoms in total. The van der Waals surface area contributed by atoms with Gasteiger partial charge in [-0.15, -0.1) is 0 Å². The van der Waals surface area contributed by atoms with Crippen LogP contribution in [0, 0.1) is 13.8 Å². The normalized spacial score (nSPS) is 14.1. The summed E-state index contributed by atoms with van der Waals surface area (Å²) in [6.07, 6.45) is -12.9. The third kappa shape index (κ3) is 2.95. The number of benzene rings is 1. The van der Waals surface area contributed by atoms with Crippen molar-refractivity contribution in [3.05, 3.63) is 29.3 Å². The fourth-order valence-corrected chi connectivity index (χ4v) is 1.38. The van der Waals surface area contributed by atoms with E-state index in [0.29, 0.717) is 0 Å². The molecule has 0 aliphatic carbocycles. The average Bonchev–Trinajstić information content (AvgIpc) is 2.31. The van der Waals surface area contributed by atoms with E-state index in [1.807, 2.05) is 0 Å². The predicted molar refractivity (Wildman–Crippen MR) is 57.4 cm³/mol. The Balaban J connectivity index is 3.25. The molecule has 1 rings (SSSR count).